The molecule has 0 heterocycles. The van der Waals surface area contributed by atoms with Crippen molar-refractivity contribution < 1.29 is 13.2 Å². The van der Waals surface area contributed by atoms with Crippen LogP contribution in [0.25, 0.3) is 0 Å². The fourth-order valence-corrected chi connectivity index (χ4v) is 3.80. The quantitative estimate of drug-likeness (QED) is 0.816. The Labute approximate surface area is 162 Å². The van der Waals surface area contributed by atoms with Crippen molar-refractivity contribution in [1.82, 2.24) is 5.32 Å². The van der Waals surface area contributed by atoms with Crippen molar-refractivity contribution in [3.8, 4) is 0 Å². The summed E-state index contributed by atoms with van der Waals surface area (Å²) in [4.78, 5) is 12.9. The highest BCUT2D eigenvalue weighted by atomic mass is 32.2. The van der Waals surface area contributed by atoms with Gasteiger partial charge in [-0.2, -0.15) is 0 Å². The topological polar surface area (TPSA) is 66.5 Å². The number of rotatable bonds is 6. The summed E-state index contributed by atoms with van der Waals surface area (Å²) >= 11 is 0. The first-order valence-electron chi connectivity index (χ1n) is 8.97. The Bertz CT molecular complexity index is 952. The van der Waals surface area contributed by atoms with E-state index in [0.29, 0.717) is 16.8 Å². The van der Waals surface area contributed by atoms with Crippen LogP contribution < -0.4 is 9.62 Å². The van der Waals surface area contributed by atoms with Crippen LogP contribution in [0.2, 0.25) is 0 Å². The minimum atomic E-state index is -3.40. The Hall–Kier alpha value is -2.34. The summed E-state index contributed by atoms with van der Waals surface area (Å²) in [6.07, 6.45) is 1.91. The van der Waals surface area contributed by atoms with Gasteiger partial charge in [-0.25, -0.2) is 8.42 Å². The van der Waals surface area contributed by atoms with Gasteiger partial charge in [-0.15, -0.1) is 0 Å². The molecule has 0 aliphatic carbocycles. The number of hydrogen-bond acceptors (Lipinski definition) is 3. The maximum absolute atomic E-state index is 12.9. The molecule has 0 bridgehead atoms. The van der Waals surface area contributed by atoms with E-state index in [1.165, 1.54) is 16.9 Å². The summed E-state index contributed by atoms with van der Waals surface area (Å²) in [5.41, 5.74) is 5.04. The van der Waals surface area contributed by atoms with Gasteiger partial charge in [0.25, 0.3) is 5.91 Å². The van der Waals surface area contributed by atoms with Crippen molar-refractivity contribution in [2.75, 3.05) is 17.6 Å². The molecule has 0 fully saturated rings. The van der Waals surface area contributed by atoms with Crippen molar-refractivity contribution in [3.63, 3.8) is 0 Å². The highest BCUT2D eigenvalue weighted by Gasteiger charge is 2.21. The Morgan fingerprint density at radius 2 is 1.81 bits per heavy atom. The number of nitrogens with one attached hydrogen (secondary N) is 1. The third kappa shape index (κ3) is 4.69. The number of nitrogens with zero attached hydrogens (tertiary/aromatic N) is 1. The minimum absolute atomic E-state index is 0.103. The molecule has 1 atom stereocenters. The molecular formula is C21H28N2O3S. The van der Waals surface area contributed by atoms with E-state index >= 15 is 0 Å². The summed E-state index contributed by atoms with van der Waals surface area (Å²) in [7, 11) is -1.91. The molecule has 0 unspecified atom stereocenters. The lowest BCUT2D eigenvalue weighted by molar-refractivity contribution is 0.0935. The summed E-state index contributed by atoms with van der Waals surface area (Å²) in [5.74, 6) is -0.205. The second-order valence-corrected chi connectivity index (χ2v) is 8.99. The average Bonchev–Trinajstić information content (AvgIpc) is 2.58. The van der Waals surface area contributed by atoms with Crippen molar-refractivity contribution in [2.45, 2.75) is 40.2 Å². The van der Waals surface area contributed by atoms with E-state index in [1.54, 1.807) is 25.1 Å². The Morgan fingerprint density at radius 1 is 1.15 bits per heavy atom. The first-order valence-corrected chi connectivity index (χ1v) is 10.8. The van der Waals surface area contributed by atoms with Gasteiger partial charge in [0.05, 0.1) is 18.0 Å². The van der Waals surface area contributed by atoms with Crippen LogP contribution >= 0.6 is 0 Å². The molecule has 0 spiro atoms. The SMILES string of the molecule is CC[C@@H](NC(=O)c1cccc(N(C)S(C)(=O)=O)c1C)c1ccc(C)cc1C. The average molecular weight is 389 g/mol. The highest BCUT2D eigenvalue weighted by molar-refractivity contribution is 7.92. The molecule has 0 aromatic heterocycles. The van der Waals surface area contributed by atoms with E-state index in [2.05, 4.69) is 17.4 Å². The highest BCUT2D eigenvalue weighted by Crippen LogP contribution is 2.26. The summed E-state index contributed by atoms with van der Waals surface area (Å²) in [5, 5.41) is 3.10. The largest absolute Gasteiger partial charge is 0.345 e. The van der Waals surface area contributed by atoms with Gasteiger partial charge in [0, 0.05) is 12.6 Å². The predicted molar refractivity (Wildman–Crippen MR) is 111 cm³/mol. The van der Waals surface area contributed by atoms with E-state index < -0.39 is 10.0 Å². The van der Waals surface area contributed by atoms with E-state index in [1.807, 2.05) is 26.8 Å². The lowest BCUT2D eigenvalue weighted by Crippen LogP contribution is -2.30. The zero-order valence-electron chi connectivity index (χ0n) is 16.8. The van der Waals surface area contributed by atoms with Gasteiger partial charge in [-0.3, -0.25) is 9.10 Å². The summed E-state index contributed by atoms with van der Waals surface area (Å²) in [6.45, 7) is 7.89. The molecule has 1 amide bonds. The smallest absolute Gasteiger partial charge is 0.252 e. The van der Waals surface area contributed by atoms with Crippen LogP contribution in [0.3, 0.4) is 0 Å². The minimum Gasteiger partial charge on any atom is -0.345 e. The van der Waals surface area contributed by atoms with E-state index in [0.717, 1.165) is 23.8 Å². The van der Waals surface area contributed by atoms with Crippen molar-refractivity contribution in [3.05, 3.63) is 64.2 Å². The zero-order valence-corrected chi connectivity index (χ0v) is 17.6. The fourth-order valence-electron chi connectivity index (χ4n) is 3.24. The van der Waals surface area contributed by atoms with Crippen molar-refractivity contribution in [2.24, 2.45) is 0 Å². The Balaban J connectivity index is 2.34. The van der Waals surface area contributed by atoms with Crippen LogP contribution in [0.4, 0.5) is 5.69 Å². The predicted octanol–water partition coefficient (Wildman–Crippen LogP) is 3.89. The molecular weight excluding hydrogens is 360 g/mol. The second kappa shape index (κ2) is 8.13. The molecule has 0 radical (unpaired) electrons. The molecule has 2 rings (SSSR count). The van der Waals surface area contributed by atoms with Crippen LogP contribution in [-0.2, 0) is 10.0 Å². The molecule has 146 valence electrons. The number of aryl methyl sites for hydroxylation is 2. The monoisotopic (exact) mass is 388 g/mol. The molecule has 2 aromatic carbocycles. The van der Waals surface area contributed by atoms with Crippen LogP contribution in [-0.4, -0.2) is 27.6 Å². The van der Waals surface area contributed by atoms with Crippen LogP contribution in [0.15, 0.2) is 36.4 Å². The van der Waals surface area contributed by atoms with Crippen LogP contribution in [0, 0.1) is 20.8 Å². The maximum atomic E-state index is 12.9. The number of anilines is 1. The molecule has 0 saturated carbocycles. The molecule has 0 saturated heterocycles. The number of hydrogen-bond donors (Lipinski definition) is 1. The first kappa shape index (κ1) is 21.0. The normalized spacial score (nSPS) is 12.5. The molecule has 0 aliphatic heterocycles. The van der Waals surface area contributed by atoms with Crippen molar-refractivity contribution >= 4 is 21.6 Å². The van der Waals surface area contributed by atoms with Crippen LogP contribution in [0.5, 0.6) is 0 Å². The molecule has 6 heteroatoms. The summed E-state index contributed by atoms with van der Waals surface area (Å²) < 4.78 is 24.9. The number of carbonyl (C=O) groups excluding carboxylic acids is 1. The summed E-state index contributed by atoms with van der Waals surface area (Å²) in [6, 6.07) is 11.2. The standard InChI is InChI=1S/C21H28N2O3S/c1-7-19(17-12-11-14(2)13-15(17)3)22-21(24)18-9-8-10-20(16(18)4)23(5)27(6,25)26/h8-13,19H,7H2,1-6H3,(H,22,24)/t19-/m1/s1. The van der Waals surface area contributed by atoms with Gasteiger partial charge in [-0.05, 0) is 56.0 Å². The third-order valence-corrected chi connectivity index (χ3v) is 6.09. The lowest BCUT2D eigenvalue weighted by Gasteiger charge is -2.23. The lowest BCUT2D eigenvalue weighted by atomic mass is 9.97. The first-order chi connectivity index (χ1) is 12.6. The third-order valence-electron chi connectivity index (χ3n) is 4.90. The Morgan fingerprint density at radius 3 is 2.37 bits per heavy atom. The maximum Gasteiger partial charge on any atom is 0.252 e. The molecule has 1 N–H and O–H groups in total. The Kier molecular flexibility index (Phi) is 6.31. The number of amides is 1. The van der Waals surface area contributed by atoms with Gasteiger partial charge in [-0.1, -0.05) is 36.8 Å². The van der Waals surface area contributed by atoms with E-state index in [-0.39, 0.29) is 11.9 Å². The number of carbonyl (C=O) groups is 1. The van der Waals surface area contributed by atoms with Gasteiger partial charge in [0.2, 0.25) is 10.0 Å². The number of sulfonamides is 1. The zero-order chi connectivity index (χ0) is 20.4. The molecule has 5 nitrogen and oxygen atoms in total. The van der Waals surface area contributed by atoms with Crippen LogP contribution in [0.1, 0.15) is 52.0 Å². The van der Waals surface area contributed by atoms with E-state index in [4.69, 9.17) is 0 Å². The van der Waals surface area contributed by atoms with E-state index in [9.17, 15) is 13.2 Å². The number of benzene rings is 2. The van der Waals surface area contributed by atoms with Gasteiger partial charge in [0.15, 0.2) is 0 Å². The van der Waals surface area contributed by atoms with Gasteiger partial charge in [0.1, 0.15) is 0 Å². The molecule has 2 aromatic rings. The van der Waals surface area contributed by atoms with Crippen molar-refractivity contribution in [1.29, 1.82) is 0 Å². The second-order valence-electron chi connectivity index (χ2n) is 6.97. The molecule has 0 aliphatic rings. The molecule has 27 heavy (non-hydrogen) atoms. The fraction of sp³-hybridized carbons (Fsp3) is 0.381. The van der Waals surface area contributed by atoms with Gasteiger partial charge >= 0.3 is 0 Å². The van der Waals surface area contributed by atoms with Gasteiger partial charge < -0.3 is 5.32 Å².